The van der Waals surface area contributed by atoms with Crippen molar-refractivity contribution in [3.05, 3.63) is 48.0 Å². The minimum atomic E-state index is -5.08. The Labute approximate surface area is 157 Å². The van der Waals surface area contributed by atoms with E-state index in [0.717, 1.165) is 19.3 Å². The Bertz CT molecular complexity index is 666. The fraction of sp³-hybridized carbons (Fsp3) is 0.412. The van der Waals surface area contributed by atoms with Crippen molar-refractivity contribution in [3.8, 4) is 0 Å². The second kappa shape index (κ2) is 8.73. The van der Waals surface area contributed by atoms with E-state index in [2.05, 4.69) is 24.3 Å². The number of aliphatic carboxylic acids is 1. The van der Waals surface area contributed by atoms with Crippen molar-refractivity contribution in [1.82, 2.24) is 5.06 Å². The van der Waals surface area contributed by atoms with Crippen LogP contribution in [0.1, 0.15) is 18.4 Å². The second-order valence-corrected chi connectivity index (χ2v) is 7.63. The molecule has 5 nitrogen and oxygen atoms in total. The van der Waals surface area contributed by atoms with Crippen molar-refractivity contribution in [2.24, 2.45) is 0 Å². The summed E-state index contributed by atoms with van der Waals surface area (Å²) in [6.45, 7) is 0. The molecule has 3 aliphatic rings. The number of hydrogen-bond donors (Lipinski definition) is 1. The molecule has 2 aliphatic heterocycles. The molecule has 1 aromatic rings. The minimum absolute atomic E-state index is 0.0163. The van der Waals surface area contributed by atoms with E-state index in [-0.39, 0.29) is 22.8 Å². The van der Waals surface area contributed by atoms with Gasteiger partial charge in [-0.25, -0.2) is 4.79 Å². The molecule has 1 aliphatic carbocycles. The molecule has 4 atom stereocenters. The summed E-state index contributed by atoms with van der Waals surface area (Å²) in [6.07, 6.45) is 2.05. The van der Waals surface area contributed by atoms with Crippen LogP contribution in [0.25, 0.3) is 0 Å². The van der Waals surface area contributed by atoms with Gasteiger partial charge in [-0.2, -0.15) is 13.2 Å². The Morgan fingerprint density at radius 3 is 2.27 bits per heavy atom. The molecule has 1 N–H and O–H groups in total. The average molecular weight is 433 g/mol. The van der Waals surface area contributed by atoms with Gasteiger partial charge in [-0.1, -0.05) is 0 Å². The summed E-state index contributed by atoms with van der Waals surface area (Å²) in [4.78, 5) is 27.1. The van der Waals surface area contributed by atoms with E-state index < -0.39 is 12.1 Å². The number of rotatable bonds is 3. The van der Waals surface area contributed by atoms with E-state index in [1.165, 1.54) is 22.4 Å². The number of benzene rings is 1. The van der Waals surface area contributed by atoms with Gasteiger partial charge in [0.15, 0.2) is 0 Å². The first-order chi connectivity index (χ1) is 12.2. The number of fused-ring (bicyclic) bond motifs is 2. The van der Waals surface area contributed by atoms with E-state index in [0.29, 0.717) is 0 Å². The van der Waals surface area contributed by atoms with Crippen molar-refractivity contribution in [1.29, 1.82) is 0 Å². The van der Waals surface area contributed by atoms with E-state index >= 15 is 0 Å². The maximum absolute atomic E-state index is 12.5. The third-order valence-electron chi connectivity index (χ3n) is 3.92. The van der Waals surface area contributed by atoms with Crippen LogP contribution < -0.4 is 0 Å². The van der Waals surface area contributed by atoms with Gasteiger partial charge in [-0.15, -0.1) is 0 Å². The van der Waals surface area contributed by atoms with E-state index in [1.807, 2.05) is 18.2 Å². The first kappa shape index (κ1) is 20.5. The van der Waals surface area contributed by atoms with Gasteiger partial charge in [0.1, 0.15) is 0 Å². The van der Waals surface area contributed by atoms with Crippen LogP contribution in [0, 0.1) is 0 Å². The molecule has 2 heterocycles. The number of carbonyl (C=O) groups is 2. The van der Waals surface area contributed by atoms with Gasteiger partial charge in [0.2, 0.25) is 0 Å². The Morgan fingerprint density at radius 2 is 1.85 bits per heavy atom. The van der Waals surface area contributed by atoms with E-state index in [1.54, 1.807) is 5.06 Å². The third kappa shape index (κ3) is 5.61. The summed E-state index contributed by atoms with van der Waals surface area (Å²) < 4.78 is 31.8. The number of amides is 1. The molecule has 3 unspecified atom stereocenters. The first-order valence-corrected chi connectivity index (χ1v) is 9.36. The Kier molecular flexibility index (Phi) is 6.89. The zero-order chi connectivity index (χ0) is 19.3. The first-order valence-electron chi connectivity index (χ1n) is 7.96. The summed E-state index contributed by atoms with van der Waals surface area (Å²) in [5.41, 5.74) is 1.21. The molecular formula is C17H19AsF3NO4. The normalized spacial score (nSPS) is 22.4. The number of halogens is 3. The standard InChI is InChI=1S/C15H18AsNO2.C2HF3O2/c16-14(10-11-4-2-1-3-5-11)15(18)17-12-6-8-13(19-17)9-7-12;3-2(4,5)1(6)7/h1-6,8,12-14H,7,9-10,16H2;(H,6,7)/t12?,13?,14-;/m0./s1. The number of carboxylic acids is 1. The molecule has 0 radical (unpaired) electrons. The molecular weight excluding hydrogens is 414 g/mol. The molecule has 4 rings (SSSR count). The van der Waals surface area contributed by atoms with Gasteiger partial charge in [-0.05, 0) is 0 Å². The Hall–Kier alpha value is -1.79. The van der Waals surface area contributed by atoms with Gasteiger partial charge in [-0.3, -0.25) is 0 Å². The number of hydroxylamine groups is 2. The molecule has 0 saturated carbocycles. The van der Waals surface area contributed by atoms with Crippen LogP contribution in [-0.2, 0) is 20.8 Å². The van der Waals surface area contributed by atoms with Crippen molar-refractivity contribution in [2.75, 3.05) is 0 Å². The third-order valence-corrected chi connectivity index (χ3v) is 5.01. The van der Waals surface area contributed by atoms with E-state index in [4.69, 9.17) is 14.7 Å². The molecule has 1 saturated heterocycles. The quantitative estimate of drug-likeness (QED) is 0.586. The zero-order valence-electron chi connectivity index (χ0n) is 13.7. The number of hydrogen-bond acceptors (Lipinski definition) is 3. The van der Waals surface area contributed by atoms with Crippen molar-refractivity contribution >= 4 is 28.7 Å². The monoisotopic (exact) mass is 433 g/mol. The summed E-state index contributed by atoms with van der Waals surface area (Å²) in [5.74, 6) is -2.63. The van der Waals surface area contributed by atoms with Gasteiger partial charge in [0.05, 0.1) is 0 Å². The molecule has 26 heavy (non-hydrogen) atoms. The number of nitrogens with zero attached hydrogens (tertiary/aromatic N) is 1. The summed E-state index contributed by atoms with van der Waals surface area (Å²) in [5, 5.41) is 8.74. The topological polar surface area (TPSA) is 66.8 Å². The van der Waals surface area contributed by atoms with Crippen LogP contribution in [0.4, 0.5) is 13.2 Å². The van der Waals surface area contributed by atoms with E-state index in [9.17, 15) is 18.0 Å². The van der Waals surface area contributed by atoms with Crippen LogP contribution in [0.3, 0.4) is 0 Å². The number of carboxylic acid groups (broad SMARTS) is 1. The summed E-state index contributed by atoms with van der Waals surface area (Å²) in [6, 6.07) is 10.3. The maximum atomic E-state index is 12.5. The van der Waals surface area contributed by atoms with Crippen molar-refractivity contribution in [3.63, 3.8) is 0 Å². The van der Waals surface area contributed by atoms with Crippen molar-refractivity contribution < 1.29 is 32.7 Å². The summed E-state index contributed by atoms with van der Waals surface area (Å²) in [7, 11) is 0. The summed E-state index contributed by atoms with van der Waals surface area (Å²) >= 11 is 1.47. The van der Waals surface area contributed by atoms with Crippen LogP contribution in [0.2, 0.25) is 4.71 Å². The molecule has 1 aromatic carbocycles. The molecule has 2 bridgehead atoms. The van der Waals surface area contributed by atoms with Crippen LogP contribution in [-0.4, -0.2) is 57.2 Å². The van der Waals surface area contributed by atoms with Crippen LogP contribution in [0.15, 0.2) is 42.5 Å². The zero-order valence-corrected chi connectivity index (χ0v) is 16.1. The van der Waals surface area contributed by atoms with Gasteiger partial charge in [0.25, 0.3) is 0 Å². The number of alkyl halides is 3. The molecule has 9 heteroatoms. The predicted molar refractivity (Wildman–Crippen MR) is 90.0 cm³/mol. The Balaban J connectivity index is 0.000000298. The van der Waals surface area contributed by atoms with Gasteiger partial charge >= 0.3 is 134 Å². The molecule has 0 aromatic heterocycles. The molecule has 0 spiro atoms. The van der Waals surface area contributed by atoms with Crippen LogP contribution in [0.5, 0.6) is 0 Å². The second-order valence-electron chi connectivity index (χ2n) is 5.94. The fourth-order valence-electron chi connectivity index (χ4n) is 2.62. The average Bonchev–Trinajstić information content (AvgIpc) is 2.62. The fourth-order valence-corrected chi connectivity index (χ4v) is 3.50. The molecule has 1 fully saturated rings. The van der Waals surface area contributed by atoms with Gasteiger partial charge in [0, 0.05) is 0 Å². The van der Waals surface area contributed by atoms with Crippen LogP contribution >= 0.6 is 0 Å². The predicted octanol–water partition coefficient (Wildman–Crippen LogP) is 2.15. The van der Waals surface area contributed by atoms with Crippen molar-refractivity contribution in [2.45, 2.75) is 42.3 Å². The molecule has 1 amide bonds. The van der Waals surface area contributed by atoms with Gasteiger partial charge < -0.3 is 5.11 Å². The SMILES string of the molecule is O=C(O)C(F)(F)F.O=C([C@@H]([AsH2])Cc1ccccc1)N1OC2C=CC1CC2. The number of carbonyl (C=O) groups excluding carboxylic acids is 1. The molecule has 142 valence electrons. The Morgan fingerprint density at radius 1 is 1.23 bits per heavy atom.